The lowest BCUT2D eigenvalue weighted by Gasteiger charge is -2.29. The molecule has 1 aliphatic rings. The van der Waals surface area contributed by atoms with Crippen LogP contribution in [0, 0.1) is 5.82 Å². The molecule has 1 saturated heterocycles. The Balaban J connectivity index is 2.01. The highest BCUT2D eigenvalue weighted by molar-refractivity contribution is 9.09. The number of carbonyl (C=O) groups is 1. The number of amides is 1. The van der Waals surface area contributed by atoms with Crippen LogP contribution in [-0.2, 0) is 16.1 Å². The van der Waals surface area contributed by atoms with Crippen LogP contribution in [0.3, 0.4) is 0 Å². The number of halogens is 2. The molecule has 0 aliphatic carbocycles. The molecule has 19 heavy (non-hydrogen) atoms. The Morgan fingerprint density at radius 2 is 2.16 bits per heavy atom. The number of hydrogen-bond acceptors (Lipinski definition) is 3. The van der Waals surface area contributed by atoms with Crippen molar-refractivity contribution < 1.29 is 13.9 Å². The van der Waals surface area contributed by atoms with E-state index in [-0.39, 0.29) is 17.1 Å². The minimum absolute atomic E-state index is 0.113. The summed E-state index contributed by atoms with van der Waals surface area (Å²) in [5.41, 5.74) is 1.35. The van der Waals surface area contributed by atoms with E-state index in [1.807, 2.05) is 11.0 Å². The maximum atomic E-state index is 14.0. The Morgan fingerprint density at radius 1 is 1.42 bits per heavy atom. The first-order valence-electron chi connectivity index (χ1n) is 6.14. The fourth-order valence-corrected chi connectivity index (χ4v) is 2.17. The molecule has 0 saturated carbocycles. The Kier molecular flexibility index (Phi) is 5.15. The predicted molar refractivity (Wildman–Crippen MR) is 75.1 cm³/mol. The van der Waals surface area contributed by atoms with Gasteiger partial charge in [0.05, 0.1) is 24.2 Å². The van der Waals surface area contributed by atoms with Gasteiger partial charge in [0, 0.05) is 19.6 Å². The van der Waals surface area contributed by atoms with Crippen molar-refractivity contribution in [3.8, 4) is 0 Å². The SMILES string of the molecule is O=C(CBr)NCc1ccc(N2CCOCC2)c(F)c1. The van der Waals surface area contributed by atoms with Crippen LogP contribution in [0.4, 0.5) is 10.1 Å². The summed E-state index contributed by atoms with van der Waals surface area (Å²) in [5, 5.41) is 2.94. The molecule has 0 aromatic heterocycles. The van der Waals surface area contributed by atoms with E-state index in [4.69, 9.17) is 4.74 Å². The van der Waals surface area contributed by atoms with Crippen LogP contribution < -0.4 is 10.2 Å². The first kappa shape index (κ1) is 14.3. The molecular weight excluding hydrogens is 315 g/mol. The number of alkyl halides is 1. The lowest BCUT2D eigenvalue weighted by Crippen LogP contribution is -2.36. The van der Waals surface area contributed by atoms with Crippen molar-refractivity contribution in [2.45, 2.75) is 6.54 Å². The topological polar surface area (TPSA) is 41.6 Å². The number of morpholine rings is 1. The molecule has 1 aromatic rings. The summed E-state index contributed by atoms with van der Waals surface area (Å²) in [5.74, 6) is -0.370. The average molecular weight is 331 g/mol. The molecular formula is C13H16BrFN2O2. The first-order valence-corrected chi connectivity index (χ1v) is 7.26. The van der Waals surface area contributed by atoms with Gasteiger partial charge in [-0.2, -0.15) is 0 Å². The zero-order valence-corrected chi connectivity index (χ0v) is 12.1. The summed E-state index contributed by atoms with van der Waals surface area (Å²) in [6.07, 6.45) is 0. The molecule has 6 heteroatoms. The number of nitrogens with zero attached hydrogens (tertiary/aromatic N) is 1. The summed E-state index contributed by atoms with van der Waals surface area (Å²) in [6, 6.07) is 5.07. The number of rotatable bonds is 4. The van der Waals surface area contributed by atoms with Gasteiger partial charge in [-0.05, 0) is 17.7 Å². The molecule has 0 bridgehead atoms. The van der Waals surface area contributed by atoms with Gasteiger partial charge in [0.25, 0.3) is 0 Å². The van der Waals surface area contributed by atoms with E-state index in [2.05, 4.69) is 21.2 Å². The van der Waals surface area contributed by atoms with Crippen molar-refractivity contribution in [2.24, 2.45) is 0 Å². The van der Waals surface area contributed by atoms with Gasteiger partial charge in [-0.1, -0.05) is 22.0 Å². The van der Waals surface area contributed by atoms with Gasteiger partial charge < -0.3 is 15.0 Å². The fraction of sp³-hybridized carbons (Fsp3) is 0.462. The number of nitrogens with one attached hydrogen (secondary N) is 1. The highest BCUT2D eigenvalue weighted by Gasteiger charge is 2.15. The predicted octanol–water partition coefficient (Wildman–Crippen LogP) is 1.67. The second-order valence-corrected chi connectivity index (χ2v) is 4.86. The molecule has 0 unspecified atom stereocenters. The number of hydrogen-bond donors (Lipinski definition) is 1. The Morgan fingerprint density at radius 3 is 2.79 bits per heavy atom. The van der Waals surface area contributed by atoms with Gasteiger partial charge in [-0.25, -0.2) is 4.39 Å². The van der Waals surface area contributed by atoms with Crippen molar-refractivity contribution >= 4 is 27.5 Å². The van der Waals surface area contributed by atoms with E-state index < -0.39 is 0 Å². The summed E-state index contributed by atoms with van der Waals surface area (Å²) in [7, 11) is 0. The number of benzene rings is 1. The average Bonchev–Trinajstić information content (AvgIpc) is 2.45. The molecule has 1 aliphatic heterocycles. The van der Waals surface area contributed by atoms with Gasteiger partial charge in [-0.15, -0.1) is 0 Å². The molecule has 1 heterocycles. The summed E-state index contributed by atoms with van der Waals surface area (Å²) in [4.78, 5) is 13.1. The van der Waals surface area contributed by atoms with Crippen LogP contribution in [0.1, 0.15) is 5.56 Å². The second kappa shape index (κ2) is 6.86. The molecule has 104 valence electrons. The van der Waals surface area contributed by atoms with Crippen molar-refractivity contribution in [1.82, 2.24) is 5.32 Å². The van der Waals surface area contributed by atoms with Gasteiger partial charge in [0.15, 0.2) is 0 Å². The third-order valence-electron chi connectivity index (χ3n) is 2.97. The van der Waals surface area contributed by atoms with Crippen molar-refractivity contribution in [1.29, 1.82) is 0 Å². The molecule has 0 radical (unpaired) electrons. The van der Waals surface area contributed by atoms with E-state index in [1.165, 1.54) is 6.07 Å². The van der Waals surface area contributed by atoms with Crippen molar-refractivity contribution in [3.05, 3.63) is 29.6 Å². The second-order valence-electron chi connectivity index (χ2n) is 4.30. The van der Waals surface area contributed by atoms with Crippen LogP contribution in [0.5, 0.6) is 0 Å². The van der Waals surface area contributed by atoms with Gasteiger partial charge in [0.1, 0.15) is 5.82 Å². The van der Waals surface area contributed by atoms with Crippen LogP contribution >= 0.6 is 15.9 Å². The number of anilines is 1. The molecule has 1 aromatic carbocycles. The van der Waals surface area contributed by atoms with Crippen molar-refractivity contribution in [2.75, 3.05) is 36.5 Å². The fourth-order valence-electron chi connectivity index (χ4n) is 1.97. The first-order chi connectivity index (χ1) is 9.20. The van der Waals surface area contributed by atoms with E-state index in [0.29, 0.717) is 38.5 Å². The number of ether oxygens (including phenoxy) is 1. The zero-order chi connectivity index (χ0) is 13.7. The molecule has 2 rings (SSSR count). The highest BCUT2D eigenvalue weighted by Crippen LogP contribution is 2.21. The quantitative estimate of drug-likeness (QED) is 0.854. The molecule has 0 spiro atoms. The van der Waals surface area contributed by atoms with E-state index >= 15 is 0 Å². The minimum Gasteiger partial charge on any atom is -0.378 e. The normalized spacial score (nSPS) is 15.4. The molecule has 1 N–H and O–H groups in total. The van der Waals surface area contributed by atoms with Crippen LogP contribution in [0.25, 0.3) is 0 Å². The third kappa shape index (κ3) is 3.91. The Labute approximate surface area is 120 Å². The molecule has 1 fully saturated rings. The smallest absolute Gasteiger partial charge is 0.230 e. The monoisotopic (exact) mass is 330 g/mol. The van der Waals surface area contributed by atoms with Crippen LogP contribution in [0.15, 0.2) is 18.2 Å². The molecule has 0 atom stereocenters. The molecule has 4 nitrogen and oxygen atoms in total. The lowest BCUT2D eigenvalue weighted by atomic mass is 10.1. The standard InChI is InChI=1S/C13H16BrFN2O2/c14-8-13(18)16-9-10-1-2-12(11(15)7-10)17-3-5-19-6-4-17/h1-2,7H,3-6,8-9H2,(H,16,18). The molecule has 1 amide bonds. The summed E-state index contributed by atoms with van der Waals surface area (Å²) < 4.78 is 19.3. The summed E-state index contributed by atoms with van der Waals surface area (Å²) >= 11 is 3.06. The van der Waals surface area contributed by atoms with E-state index in [9.17, 15) is 9.18 Å². The Hall–Kier alpha value is -1.14. The largest absolute Gasteiger partial charge is 0.378 e. The lowest BCUT2D eigenvalue weighted by molar-refractivity contribution is -0.118. The number of carbonyl (C=O) groups excluding carboxylic acids is 1. The Bertz CT molecular complexity index is 450. The summed E-state index contributed by atoms with van der Waals surface area (Å²) in [6.45, 7) is 3.00. The van der Waals surface area contributed by atoms with Gasteiger partial charge in [0.2, 0.25) is 5.91 Å². The van der Waals surface area contributed by atoms with E-state index in [1.54, 1.807) is 6.07 Å². The van der Waals surface area contributed by atoms with Crippen LogP contribution in [-0.4, -0.2) is 37.5 Å². The maximum Gasteiger partial charge on any atom is 0.230 e. The van der Waals surface area contributed by atoms with Gasteiger partial charge >= 0.3 is 0 Å². The zero-order valence-electron chi connectivity index (χ0n) is 10.5. The van der Waals surface area contributed by atoms with Crippen molar-refractivity contribution in [3.63, 3.8) is 0 Å². The van der Waals surface area contributed by atoms with Gasteiger partial charge in [-0.3, -0.25) is 4.79 Å². The van der Waals surface area contributed by atoms with Crippen LogP contribution in [0.2, 0.25) is 0 Å². The minimum atomic E-state index is -0.257. The van der Waals surface area contributed by atoms with E-state index in [0.717, 1.165) is 5.56 Å². The highest BCUT2D eigenvalue weighted by atomic mass is 79.9. The maximum absolute atomic E-state index is 14.0. The third-order valence-corrected chi connectivity index (χ3v) is 3.48.